The Kier molecular flexibility index (Phi) is 5.74. The molecule has 1 saturated heterocycles. The number of rotatable bonds is 3. The van der Waals surface area contributed by atoms with E-state index in [0.717, 1.165) is 31.2 Å². The van der Waals surface area contributed by atoms with Crippen LogP contribution >= 0.6 is 0 Å². The van der Waals surface area contributed by atoms with Crippen molar-refractivity contribution in [2.75, 3.05) is 20.2 Å². The number of methoxy groups -OCH3 is 1. The van der Waals surface area contributed by atoms with E-state index in [9.17, 15) is 18.0 Å². The lowest BCUT2D eigenvalue weighted by Gasteiger charge is -2.30. The number of hydrogen-bond acceptors (Lipinski definition) is 2. The number of urea groups is 1. The first-order chi connectivity index (χ1) is 10.9. The van der Waals surface area contributed by atoms with Gasteiger partial charge in [-0.05, 0) is 30.5 Å². The minimum Gasteiger partial charge on any atom is -0.497 e. The van der Waals surface area contributed by atoms with Gasteiger partial charge in [-0.2, -0.15) is 13.2 Å². The van der Waals surface area contributed by atoms with Crippen molar-refractivity contribution in [2.24, 2.45) is 0 Å². The molecule has 1 aliphatic heterocycles. The van der Waals surface area contributed by atoms with Crippen molar-refractivity contribution in [3.8, 4) is 5.75 Å². The lowest BCUT2D eigenvalue weighted by atomic mass is 10.0. The molecular weight excluding hydrogens is 309 g/mol. The first-order valence-corrected chi connectivity index (χ1v) is 7.66. The summed E-state index contributed by atoms with van der Waals surface area (Å²) in [5, 5.41) is 1.98. The Balaban J connectivity index is 2.13. The number of amides is 2. The third kappa shape index (κ3) is 5.04. The standard InChI is InChI=1S/C16H21F3N2O2/c1-23-13-8-6-12(7-9-13)14-5-3-2-4-10-21(14)15(22)20-11-16(17,18)19/h6-9,14H,2-5,10-11H2,1H3,(H,20,22)/t14-/m1/s1. The Bertz CT molecular complexity index is 517. The van der Waals surface area contributed by atoms with Crippen molar-refractivity contribution >= 4 is 6.03 Å². The second-order valence-electron chi connectivity index (χ2n) is 5.61. The quantitative estimate of drug-likeness (QED) is 0.914. The fourth-order valence-corrected chi connectivity index (χ4v) is 2.80. The van der Waals surface area contributed by atoms with E-state index >= 15 is 0 Å². The first-order valence-electron chi connectivity index (χ1n) is 7.66. The van der Waals surface area contributed by atoms with Crippen LogP contribution in [0.3, 0.4) is 0 Å². The Morgan fingerprint density at radius 2 is 1.96 bits per heavy atom. The molecule has 1 fully saturated rings. The largest absolute Gasteiger partial charge is 0.497 e. The highest BCUT2D eigenvalue weighted by Gasteiger charge is 2.31. The molecular formula is C16H21F3N2O2. The normalized spacial score (nSPS) is 19.1. The Labute approximate surface area is 133 Å². The number of likely N-dealkylation sites (tertiary alicyclic amines) is 1. The SMILES string of the molecule is COc1ccc([C@H]2CCCCCN2C(=O)NCC(F)(F)F)cc1. The van der Waals surface area contributed by atoms with Crippen LogP contribution in [-0.4, -0.2) is 37.3 Å². The van der Waals surface area contributed by atoms with Gasteiger partial charge in [0.15, 0.2) is 0 Å². The third-order valence-electron chi connectivity index (χ3n) is 3.95. The van der Waals surface area contributed by atoms with Crippen LogP contribution in [0.25, 0.3) is 0 Å². The lowest BCUT2D eigenvalue weighted by Crippen LogP contribution is -2.45. The Morgan fingerprint density at radius 1 is 1.26 bits per heavy atom. The van der Waals surface area contributed by atoms with E-state index < -0.39 is 18.8 Å². The smallest absolute Gasteiger partial charge is 0.405 e. The van der Waals surface area contributed by atoms with Crippen LogP contribution in [0.4, 0.5) is 18.0 Å². The second kappa shape index (κ2) is 7.57. The van der Waals surface area contributed by atoms with E-state index in [2.05, 4.69) is 0 Å². The van der Waals surface area contributed by atoms with E-state index in [-0.39, 0.29) is 6.04 Å². The number of carbonyl (C=O) groups excluding carboxylic acids is 1. The van der Waals surface area contributed by atoms with Crippen LogP contribution in [0.15, 0.2) is 24.3 Å². The van der Waals surface area contributed by atoms with Crippen molar-refractivity contribution in [2.45, 2.75) is 37.9 Å². The molecule has 23 heavy (non-hydrogen) atoms. The molecule has 1 aliphatic rings. The number of nitrogens with one attached hydrogen (secondary N) is 1. The molecule has 0 spiro atoms. The summed E-state index contributed by atoms with van der Waals surface area (Å²) in [6.07, 6.45) is -0.954. The molecule has 1 aromatic carbocycles. The lowest BCUT2D eigenvalue weighted by molar-refractivity contribution is -0.123. The van der Waals surface area contributed by atoms with Gasteiger partial charge in [0.2, 0.25) is 0 Å². The van der Waals surface area contributed by atoms with Gasteiger partial charge >= 0.3 is 12.2 Å². The summed E-state index contributed by atoms with van der Waals surface area (Å²) in [6, 6.07) is 6.44. The highest BCUT2D eigenvalue weighted by molar-refractivity contribution is 5.74. The van der Waals surface area contributed by atoms with Crippen molar-refractivity contribution in [3.63, 3.8) is 0 Å². The van der Waals surface area contributed by atoms with Crippen molar-refractivity contribution in [1.29, 1.82) is 0 Å². The van der Waals surface area contributed by atoms with Crippen molar-refractivity contribution in [1.82, 2.24) is 10.2 Å². The minimum absolute atomic E-state index is 0.211. The summed E-state index contributed by atoms with van der Waals surface area (Å²) in [5.41, 5.74) is 0.912. The van der Waals surface area contributed by atoms with Gasteiger partial charge in [0.1, 0.15) is 12.3 Å². The predicted octanol–water partition coefficient (Wildman–Crippen LogP) is 3.88. The zero-order chi connectivity index (χ0) is 16.9. The molecule has 1 heterocycles. The molecule has 0 bridgehead atoms. The Hall–Kier alpha value is -1.92. The fourth-order valence-electron chi connectivity index (χ4n) is 2.80. The van der Waals surface area contributed by atoms with Crippen LogP contribution in [0.2, 0.25) is 0 Å². The average molecular weight is 330 g/mol. The topological polar surface area (TPSA) is 41.6 Å². The van der Waals surface area contributed by atoms with Crippen LogP contribution in [0.5, 0.6) is 5.75 Å². The van der Waals surface area contributed by atoms with E-state index in [4.69, 9.17) is 4.74 Å². The highest BCUT2D eigenvalue weighted by atomic mass is 19.4. The van der Waals surface area contributed by atoms with E-state index in [1.165, 1.54) is 4.90 Å². The van der Waals surface area contributed by atoms with Gasteiger partial charge in [0, 0.05) is 6.54 Å². The number of carbonyl (C=O) groups is 1. The van der Waals surface area contributed by atoms with Crippen LogP contribution in [0.1, 0.15) is 37.3 Å². The predicted molar refractivity (Wildman–Crippen MR) is 80.4 cm³/mol. The number of hydrogen-bond donors (Lipinski definition) is 1. The van der Waals surface area contributed by atoms with Crippen molar-refractivity contribution in [3.05, 3.63) is 29.8 Å². The third-order valence-corrected chi connectivity index (χ3v) is 3.95. The summed E-state index contributed by atoms with van der Waals surface area (Å²) in [4.78, 5) is 13.7. The molecule has 0 saturated carbocycles. The first kappa shape index (κ1) is 17.4. The zero-order valence-corrected chi connectivity index (χ0v) is 13.0. The molecule has 2 rings (SSSR count). The number of alkyl halides is 3. The fraction of sp³-hybridized carbons (Fsp3) is 0.562. The summed E-state index contributed by atoms with van der Waals surface area (Å²) in [6.45, 7) is -0.849. The molecule has 4 nitrogen and oxygen atoms in total. The number of nitrogens with zero attached hydrogens (tertiary/aromatic N) is 1. The van der Waals surface area contributed by atoms with Gasteiger partial charge in [0.25, 0.3) is 0 Å². The Morgan fingerprint density at radius 3 is 2.57 bits per heavy atom. The minimum atomic E-state index is -4.41. The van der Waals surface area contributed by atoms with Crippen LogP contribution < -0.4 is 10.1 Å². The summed E-state index contributed by atoms with van der Waals surface area (Å²) < 4.78 is 42.1. The maximum absolute atomic E-state index is 12.3. The van der Waals surface area contributed by atoms with Crippen molar-refractivity contribution < 1.29 is 22.7 Å². The maximum atomic E-state index is 12.3. The van der Waals surface area contributed by atoms with E-state index in [0.29, 0.717) is 12.3 Å². The molecule has 0 aliphatic carbocycles. The van der Waals surface area contributed by atoms with Crippen LogP contribution in [-0.2, 0) is 0 Å². The monoisotopic (exact) mass is 330 g/mol. The van der Waals surface area contributed by atoms with E-state index in [1.807, 2.05) is 17.4 Å². The molecule has 128 valence electrons. The number of halogens is 3. The maximum Gasteiger partial charge on any atom is 0.405 e. The molecule has 0 aromatic heterocycles. The highest BCUT2D eigenvalue weighted by Crippen LogP contribution is 2.31. The molecule has 0 unspecified atom stereocenters. The molecule has 0 radical (unpaired) electrons. The molecule has 7 heteroatoms. The number of ether oxygens (including phenoxy) is 1. The van der Waals surface area contributed by atoms with Gasteiger partial charge in [-0.15, -0.1) is 0 Å². The molecule has 2 amide bonds. The van der Waals surface area contributed by atoms with Gasteiger partial charge in [-0.3, -0.25) is 0 Å². The molecule has 1 atom stereocenters. The average Bonchev–Trinajstić information content (AvgIpc) is 2.78. The van der Waals surface area contributed by atoms with Gasteiger partial charge < -0.3 is 15.0 Å². The van der Waals surface area contributed by atoms with E-state index in [1.54, 1.807) is 19.2 Å². The van der Waals surface area contributed by atoms with Crippen LogP contribution in [0, 0.1) is 0 Å². The molecule has 1 aromatic rings. The van der Waals surface area contributed by atoms with Gasteiger partial charge in [0.05, 0.1) is 13.2 Å². The summed E-state index contributed by atoms with van der Waals surface area (Å²) >= 11 is 0. The zero-order valence-electron chi connectivity index (χ0n) is 13.0. The molecule has 1 N–H and O–H groups in total. The number of benzene rings is 1. The summed E-state index contributed by atoms with van der Waals surface area (Å²) in [7, 11) is 1.57. The second-order valence-corrected chi connectivity index (χ2v) is 5.61. The van der Waals surface area contributed by atoms with Gasteiger partial charge in [-0.25, -0.2) is 4.79 Å². The summed E-state index contributed by atoms with van der Waals surface area (Å²) in [5.74, 6) is 0.704. The van der Waals surface area contributed by atoms with Gasteiger partial charge in [-0.1, -0.05) is 25.0 Å².